The molecule has 3 heteroatoms. The summed E-state index contributed by atoms with van der Waals surface area (Å²) >= 11 is 0. The van der Waals surface area contributed by atoms with Gasteiger partial charge in [0, 0.05) is 25.5 Å². The lowest BCUT2D eigenvalue weighted by molar-refractivity contribution is 0.303. The topological polar surface area (TPSA) is 29.9 Å². The van der Waals surface area contributed by atoms with Crippen molar-refractivity contribution < 1.29 is 0 Å². The second-order valence-electron chi connectivity index (χ2n) is 5.63. The normalized spacial score (nSPS) is 34.2. The third-order valence-electron chi connectivity index (χ3n) is 4.61. The van der Waals surface area contributed by atoms with Gasteiger partial charge in [-0.15, -0.1) is 0 Å². The maximum atomic E-state index is 4.34. The predicted octanol–water partition coefficient (Wildman–Crippen LogP) is 2.66. The first kappa shape index (κ1) is 10.2. The molecule has 0 spiro atoms. The standard InChI is InChI=1S/C13H21N3/c1-9(15-13-14-5-6-16(13)2)12-8-10-3-4-11(12)7-10/h5-6,9-12H,3-4,7-8H2,1-2H3,(H,14,15). The third kappa shape index (κ3) is 1.62. The van der Waals surface area contributed by atoms with Gasteiger partial charge in [-0.05, 0) is 43.9 Å². The van der Waals surface area contributed by atoms with Crippen molar-refractivity contribution in [1.82, 2.24) is 9.55 Å². The van der Waals surface area contributed by atoms with Crippen LogP contribution < -0.4 is 5.32 Å². The highest BCUT2D eigenvalue weighted by Gasteiger charge is 2.41. The number of anilines is 1. The Morgan fingerprint density at radius 1 is 1.44 bits per heavy atom. The van der Waals surface area contributed by atoms with E-state index in [4.69, 9.17) is 0 Å². The van der Waals surface area contributed by atoms with Crippen LogP contribution in [-0.4, -0.2) is 15.6 Å². The van der Waals surface area contributed by atoms with Crippen molar-refractivity contribution in [2.45, 2.75) is 38.6 Å². The summed E-state index contributed by atoms with van der Waals surface area (Å²) in [5, 5.41) is 3.57. The predicted molar refractivity (Wildman–Crippen MR) is 65.2 cm³/mol. The van der Waals surface area contributed by atoms with Gasteiger partial charge >= 0.3 is 0 Å². The molecule has 2 saturated carbocycles. The number of hydrogen-bond donors (Lipinski definition) is 1. The van der Waals surface area contributed by atoms with Crippen molar-refractivity contribution in [3.05, 3.63) is 12.4 Å². The molecule has 2 aliphatic carbocycles. The van der Waals surface area contributed by atoms with E-state index in [0.717, 1.165) is 23.7 Å². The zero-order valence-electron chi connectivity index (χ0n) is 10.2. The molecule has 2 fully saturated rings. The molecule has 2 aliphatic rings. The van der Waals surface area contributed by atoms with E-state index in [1.807, 2.05) is 19.4 Å². The first-order valence-corrected chi connectivity index (χ1v) is 6.48. The number of rotatable bonds is 3. The highest BCUT2D eigenvalue weighted by atomic mass is 15.2. The highest BCUT2D eigenvalue weighted by Crippen LogP contribution is 2.49. The molecule has 4 unspecified atom stereocenters. The van der Waals surface area contributed by atoms with Crippen LogP contribution in [-0.2, 0) is 7.05 Å². The van der Waals surface area contributed by atoms with Crippen LogP contribution in [0, 0.1) is 17.8 Å². The fourth-order valence-corrected chi connectivity index (χ4v) is 3.72. The average molecular weight is 219 g/mol. The number of nitrogens with one attached hydrogen (secondary N) is 1. The monoisotopic (exact) mass is 219 g/mol. The van der Waals surface area contributed by atoms with E-state index in [2.05, 4.69) is 21.8 Å². The summed E-state index contributed by atoms with van der Waals surface area (Å²) in [5.74, 6) is 3.89. The SMILES string of the molecule is CC(Nc1nccn1C)C1CC2CCC1C2. The lowest BCUT2D eigenvalue weighted by Crippen LogP contribution is -2.30. The van der Waals surface area contributed by atoms with Crippen LogP contribution in [0.1, 0.15) is 32.6 Å². The minimum atomic E-state index is 0.566. The molecule has 1 heterocycles. The van der Waals surface area contributed by atoms with Gasteiger partial charge in [0.05, 0.1) is 0 Å². The summed E-state index contributed by atoms with van der Waals surface area (Å²) in [6.07, 6.45) is 9.71. The summed E-state index contributed by atoms with van der Waals surface area (Å²) in [5.41, 5.74) is 0. The molecule has 3 nitrogen and oxygen atoms in total. The Hall–Kier alpha value is -0.990. The van der Waals surface area contributed by atoms with Gasteiger partial charge < -0.3 is 9.88 Å². The maximum absolute atomic E-state index is 4.34. The van der Waals surface area contributed by atoms with Gasteiger partial charge in [0.25, 0.3) is 0 Å². The van der Waals surface area contributed by atoms with Crippen molar-refractivity contribution in [2.24, 2.45) is 24.8 Å². The molecule has 1 aromatic heterocycles. The fraction of sp³-hybridized carbons (Fsp3) is 0.769. The lowest BCUT2D eigenvalue weighted by atomic mass is 9.84. The largest absolute Gasteiger partial charge is 0.353 e. The van der Waals surface area contributed by atoms with Crippen molar-refractivity contribution in [1.29, 1.82) is 0 Å². The van der Waals surface area contributed by atoms with Crippen LogP contribution in [0.25, 0.3) is 0 Å². The number of aromatic nitrogens is 2. The molecule has 2 bridgehead atoms. The van der Waals surface area contributed by atoms with Crippen molar-refractivity contribution >= 4 is 5.95 Å². The summed E-state index contributed by atoms with van der Waals surface area (Å²) in [7, 11) is 2.04. The Balaban J connectivity index is 1.66. The Kier molecular flexibility index (Phi) is 2.41. The number of hydrogen-bond acceptors (Lipinski definition) is 2. The molecule has 3 rings (SSSR count). The molecule has 0 aliphatic heterocycles. The zero-order chi connectivity index (χ0) is 11.1. The van der Waals surface area contributed by atoms with E-state index in [9.17, 15) is 0 Å². The van der Waals surface area contributed by atoms with Gasteiger partial charge in [-0.2, -0.15) is 0 Å². The summed E-state index contributed by atoms with van der Waals surface area (Å²) in [6, 6.07) is 0.566. The van der Waals surface area contributed by atoms with Gasteiger partial charge in [0.15, 0.2) is 0 Å². The third-order valence-corrected chi connectivity index (χ3v) is 4.61. The van der Waals surface area contributed by atoms with E-state index in [-0.39, 0.29) is 0 Å². The Bertz CT molecular complexity index is 371. The molecule has 4 atom stereocenters. The first-order valence-electron chi connectivity index (χ1n) is 6.48. The van der Waals surface area contributed by atoms with Gasteiger partial charge in [-0.3, -0.25) is 0 Å². The zero-order valence-corrected chi connectivity index (χ0v) is 10.2. The fourth-order valence-electron chi connectivity index (χ4n) is 3.72. The Labute approximate surface area is 97.3 Å². The summed E-state index contributed by atoms with van der Waals surface area (Å²) in [6.45, 7) is 2.32. The van der Waals surface area contributed by atoms with Gasteiger partial charge in [-0.25, -0.2) is 4.98 Å². The second kappa shape index (κ2) is 3.79. The van der Waals surface area contributed by atoms with Gasteiger partial charge in [0.2, 0.25) is 5.95 Å². The van der Waals surface area contributed by atoms with Gasteiger partial charge in [-0.1, -0.05) is 6.42 Å². The maximum Gasteiger partial charge on any atom is 0.202 e. The molecule has 0 amide bonds. The summed E-state index contributed by atoms with van der Waals surface area (Å²) in [4.78, 5) is 4.34. The van der Waals surface area contributed by atoms with E-state index in [1.165, 1.54) is 25.7 Å². The van der Waals surface area contributed by atoms with E-state index in [0.29, 0.717) is 6.04 Å². The second-order valence-corrected chi connectivity index (χ2v) is 5.63. The molecule has 0 radical (unpaired) electrons. The average Bonchev–Trinajstić information content (AvgIpc) is 2.95. The molecule has 88 valence electrons. The quantitative estimate of drug-likeness (QED) is 0.847. The molecular formula is C13H21N3. The molecule has 1 N–H and O–H groups in total. The van der Waals surface area contributed by atoms with Crippen molar-refractivity contribution in [3.63, 3.8) is 0 Å². The van der Waals surface area contributed by atoms with Crippen molar-refractivity contribution in [2.75, 3.05) is 5.32 Å². The van der Waals surface area contributed by atoms with Crippen LogP contribution in [0.4, 0.5) is 5.95 Å². The molecule has 0 saturated heterocycles. The molecular weight excluding hydrogens is 198 g/mol. The lowest BCUT2D eigenvalue weighted by Gasteiger charge is -2.28. The number of aryl methyl sites for hydroxylation is 1. The van der Waals surface area contributed by atoms with E-state index in [1.54, 1.807) is 0 Å². The number of nitrogens with zero attached hydrogens (tertiary/aromatic N) is 2. The van der Waals surface area contributed by atoms with Crippen LogP contribution in [0.5, 0.6) is 0 Å². The minimum Gasteiger partial charge on any atom is -0.353 e. The minimum absolute atomic E-state index is 0.566. The van der Waals surface area contributed by atoms with Crippen LogP contribution in [0.3, 0.4) is 0 Å². The molecule has 0 aromatic carbocycles. The Morgan fingerprint density at radius 2 is 2.31 bits per heavy atom. The van der Waals surface area contributed by atoms with Crippen molar-refractivity contribution in [3.8, 4) is 0 Å². The first-order chi connectivity index (χ1) is 7.74. The van der Waals surface area contributed by atoms with Crippen LogP contribution >= 0.6 is 0 Å². The molecule has 16 heavy (non-hydrogen) atoms. The van der Waals surface area contributed by atoms with Crippen LogP contribution in [0.15, 0.2) is 12.4 Å². The summed E-state index contributed by atoms with van der Waals surface area (Å²) < 4.78 is 2.06. The smallest absolute Gasteiger partial charge is 0.202 e. The number of imidazole rings is 1. The Morgan fingerprint density at radius 3 is 2.88 bits per heavy atom. The van der Waals surface area contributed by atoms with Gasteiger partial charge in [0.1, 0.15) is 0 Å². The van der Waals surface area contributed by atoms with Crippen LogP contribution in [0.2, 0.25) is 0 Å². The van der Waals surface area contributed by atoms with E-state index >= 15 is 0 Å². The highest BCUT2D eigenvalue weighted by molar-refractivity contribution is 5.27. The molecule has 1 aromatic rings. The van der Waals surface area contributed by atoms with E-state index < -0.39 is 0 Å². The number of fused-ring (bicyclic) bond motifs is 2.